The van der Waals surface area contributed by atoms with Gasteiger partial charge < -0.3 is 11.5 Å². The summed E-state index contributed by atoms with van der Waals surface area (Å²) >= 11 is 0. The fourth-order valence-electron chi connectivity index (χ4n) is 0. The van der Waals surface area contributed by atoms with Crippen LogP contribution < -0.4 is 11.5 Å². The Morgan fingerprint density at radius 3 is 1.44 bits per heavy atom. The third-order valence-electron chi connectivity index (χ3n) is 0.744. The standard InChI is InChI=1S/C5H10.C2H8N2/c1-4-5(2)3;3-1-2-4/h4H,1-3H3;1-4H2. The van der Waals surface area contributed by atoms with Gasteiger partial charge in [-0.2, -0.15) is 0 Å². The van der Waals surface area contributed by atoms with Crippen LogP contribution in [0.25, 0.3) is 0 Å². The molecule has 0 aliphatic heterocycles. The van der Waals surface area contributed by atoms with Crippen LogP contribution in [0, 0.1) is 0 Å². The van der Waals surface area contributed by atoms with Gasteiger partial charge in [-0.3, -0.25) is 0 Å². The highest BCUT2D eigenvalue weighted by Crippen LogP contribution is 1.82. The molecule has 0 heterocycles. The van der Waals surface area contributed by atoms with E-state index < -0.39 is 0 Å². The topological polar surface area (TPSA) is 52.0 Å². The number of rotatable bonds is 1. The summed E-state index contributed by atoms with van der Waals surface area (Å²) in [5, 5.41) is 0. The summed E-state index contributed by atoms with van der Waals surface area (Å²) in [7, 11) is 0. The first-order valence-electron chi connectivity index (χ1n) is 3.18. The van der Waals surface area contributed by atoms with Crippen molar-refractivity contribution in [3.63, 3.8) is 0 Å². The average Bonchev–Trinajstić information content (AvgIpc) is 1.89. The second-order valence-corrected chi connectivity index (χ2v) is 1.94. The number of allylic oxidation sites excluding steroid dienone is 2. The number of hydrogen-bond donors (Lipinski definition) is 2. The van der Waals surface area contributed by atoms with Gasteiger partial charge in [0, 0.05) is 13.1 Å². The molecule has 0 saturated heterocycles. The summed E-state index contributed by atoms with van der Waals surface area (Å²) in [5.74, 6) is 0. The molecule has 0 aromatic heterocycles. The molecule has 2 heteroatoms. The molecule has 4 N–H and O–H groups in total. The van der Waals surface area contributed by atoms with Crippen LogP contribution in [0.3, 0.4) is 0 Å². The van der Waals surface area contributed by atoms with Crippen LogP contribution in [0.1, 0.15) is 20.8 Å². The highest BCUT2D eigenvalue weighted by atomic mass is 14.6. The van der Waals surface area contributed by atoms with Gasteiger partial charge in [-0.15, -0.1) is 0 Å². The van der Waals surface area contributed by atoms with E-state index in [1.807, 2.05) is 6.92 Å². The van der Waals surface area contributed by atoms with Gasteiger partial charge >= 0.3 is 0 Å². The van der Waals surface area contributed by atoms with E-state index in [4.69, 9.17) is 11.5 Å². The highest BCUT2D eigenvalue weighted by molar-refractivity contribution is 4.88. The Morgan fingerprint density at radius 1 is 1.22 bits per heavy atom. The van der Waals surface area contributed by atoms with E-state index in [-0.39, 0.29) is 0 Å². The van der Waals surface area contributed by atoms with E-state index in [1.54, 1.807) is 0 Å². The van der Waals surface area contributed by atoms with E-state index >= 15 is 0 Å². The molecule has 0 atom stereocenters. The van der Waals surface area contributed by atoms with Gasteiger partial charge in [-0.25, -0.2) is 0 Å². The third-order valence-corrected chi connectivity index (χ3v) is 0.744. The Hall–Kier alpha value is -0.340. The fourth-order valence-corrected chi connectivity index (χ4v) is 0. The maximum atomic E-state index is 4.90. The predicted molar refractivity (Wildman–Crippen MR) is 43.2 cm³/mol. The Morgan fingerprint density at radius 2 is 1.44 bits per heavy atom. The van der Waals surface area contributed by atoms with Gasteiger partial charge in [0.15, 0.2) is 0 Å². The molecule has 0 aromatic carbocycles. The van der Waals surface area contributed by atoms with Crippen molar-refractivity contribution in [1.82, 2.24) is 0 Å². The minimum absolute atomic E-state index is 0.597. The predicted octanol–water partition coefficient (Wildman–Crippen LogP) is 0.876. The molecule has 0 aliphatic rings. The van der Waals surface area contributed by atoms with Gasteiger partial charge in [0.1, 0.15) is 0 Å². The lowest BCUT2D eigenvalue weighted by atomic mass is 10.3. The van der Waals surface area contributed by atoms with Crippen molar-refractivity contribution in [2.24, 2.45) is 11.5 Å². The zero-order chi connectivity index (χ0) is 7.70. The molecular weight excluding hydrogens is 112 g/mol. The van der Waals surface area contributed by atoms with Crippen LogP contribution in [0.15, 0.2) is 11.6 Å². The molecule has 0 bridgehead atoms. The molecule has 56 valence electrons. The molecule has 0 saturated carbocycles. The summed E-state index contributed by atoms with van der Waals surface area (Å²) in [6.45, 7) is 7.40. The minimum Gasteiger partial charge on any atom is -0.329 e. The Bertz CT molecular complexity index is 61.3. The largest absolute Gasteiger partial charge is 0.329 e. The zero-order valence-corrected chi connectivity index (χ0v) is 6.65. The maximum Gasteiger partial charge on any atom is 0.00461 e. The van der Waals surface area contributed by atoms with E-state index in [0.29, 0.717) is 13.1 Å². The highest BCUT2D eigenvalue weighted by Gasteiger charge is 1.60. The fraction of sp³-hybridized carbons (Fsp3) is 0.714. The van der Waals surface area contributed by atoms with Crippen molar-refractivity contribution in [3.8, 4) is 0 Å². The van der Waals surface area contributed by atoms with Gasteiger partial charge in [0.25, 0.3) is 0 Å². The quantitative estimate of drug-likeness (QED) is 0.518. The molecule has 0 radical (unpaired) electrons. The lowest BCUT2D eigenvalue weighted by Gasteiger charge is -1.74. The summed E-state index contributed by atoms with van der Waals surface area (Å²) in [6, 6.07) is 0. The van der Waals surface area contributed by atoms with Gasteiger partial charge in [-0.05, 0) is 20.8 Å². The second-order valence-electron chi connectivity index (χ2n) is 1.94. The van der Waals surface area contributed by atoms with Crippen LogP contribution >= 0.6 is 0 Å². The monoisotopic (exact) mass is 130 g/mol. The number of hydrogen-bond acceptors (Lipinski definition) is 2. The van der Waals surface area contributed by atoms with E-state index in [1.165, 1.54) is 5.57 Å². The normalized spacial score (nSPS) is 7.22. The minimum atomic E-state index is 0.597. The first kappa shape index (κ1) is 11.5. The maximum absolute atomic E-state index is 4.90. The van der Waals surface area contributed by atoms with Crippen molar-refractivity contribution in [2.75, 3.05) is 13.1 Å². The van der Waals surface area contributed by atoms with E-state index in [9.17, 15) is 0 Å². The molecule has 9 heavy (non-hydrogen) atoms. The molecule has 0 aromatic rings. The molecule has 0 unspecified atom stereocenters. The molecule has 0 spiro atoms. The molecule has 2 nitrogen and oxygen atoms in total. The Kier molecular flexibility index (Phi) is 13.5. The van der Waals surface area contributed by atoms with Crippen molar-refractivity contribution in [3.05, 3.63) is 11.6 Å². The SMILES string of the molecule is CC=C(C)C.NCCN. The van der Waals surface area contributed by atoms with Crippen LogP contribution in [0.2, 0.25) is 0 Å². The van der Waals surface area contributed by atoms with E-state index in [2.05, 4.69) is 19.9 Å². The zero-order valence-electron chi connectivity index (χ0n) is 6.65. The van der Waals surface area contributed by atoms with Crippen molar-refractivity contribution >= 4 is 0 Å². The molecule has 0 rings (SSSR count). The second kappa shape index (κ2) is 10.6. The molecule has 0 amide bonds. The summed E-state index contributed by atoms with van der Waals surface area (Å²) in [4.78, 5) is 0. The van der Waals surface area contributed by atoms with Crippen molar-refractivity contribution in [1.29, 1.82) is 0 Å². The third kappa shape index (κ3) is 34.7. The summed E-state index contributed by atoms with van der Waals surface area (Å²) < 4.78 is 0. The Balaban J connectivity index is 0. The molecule has 0 fully saturated rings. The van der Waals surface area contributed by atoms with Crippen LogP contribution in [-0.4, -0.2) is 13.1 Å². The first-order chi connectivity index (χ1) is 4.18. The van der Waals surface area contributed by atoms with Crippen LogP contribution in [0.4, 0.5) is 0 Å². The Labute approximate surface area is 57.9 Å². The lowest BCUT2D eigenvalue weighted by Crippen LogP contribution is -2.11. The van der Waals surface area contributed by atoms with Crippen molar-refractivity contribution in [2.45, 2.75) is 20.8 Å². The first-order valence-corrected chi connectivity index (χ1v) is 3.18. The summed E-state index contributed by atoms with van der Waals surface area (Å²) in [6.07, 6.45) is 2.08. The number of nitrogens with two attached hydrogens (primary N) is 2. The van der Waals surface area contributed by atoms with Gasteiger partial charge in [-0.1, -0.05) is 11.6 Å². The van der Waals surface area contributed by atoms with Crippen LogP contribution in [-0.2, 0) is 0 Å². The lowest BCUT2D eigenvalue weighted by molar-refractivity contribution is 0.976. The molecule has 0 aliphatic carbocycles. The summed E-state index contributed by atoms with van der Waals surface area (Å²) in [5.41, 5.74) is 11.2. The average molecular weight is 130 g/mol. The van der Waals surface area contributed by atoms with Crippen LogP contribution in [0.5, 0.6) is 0 Å². The van der Waals surface area contributed by atoms with Gasteiger partial charge in [0.2, 0.25) is 0 Å². The molecular formula is C7H18N2. The van der Waals surface area contributed by atoms with E-state index in [0.717, 1.165) is 0 Å². The smallest absolute Gasteiger partial charge is 0.00461 e. The van der Waals surface area contributed by atoms with Gasteiger partial charge in [0.05, 0.1) is 0 Å². The van der Waals surface area contributed by atoms with Crippen molar-refractivity contribution < 1.29 is 0 Å².